The molecule has 0 aromatic rings. The maximum absolute atomic E-state index is 11.1. The van der Waals surface area contributed by atoms with Crippen molar-refractivity contribution in [2.45, 2.75) is 32.3 Å². The smallest absolute Gasteiger partial charge is 0.347 e. The molecular weight excluding hydrogens is 160 g/mol. The van der Waals surface area contributed by atoms with E-state index in [-0.39, 0.29) is 5.97 Å². The van der Waals surface area contributed by atoms with E-state index in [1.807, 2.05) is 6.92 Å². The van der Waals surface area contributed by atoms with E-state index in [1.54, 1.807) is 0 Å². The van der Waals surface area contributed by atoms with E-state index in [0.717, 1.165) is 6.42 Å². The van der Waals surface area contributed by atoms with Crippen LogP contribution in [-0.4, -0.2) is 24.6 Å². The van der Waals surface area contributed by atoms with Crippen LogP contribution < -0.4 is 0 Å². The maximum atomic E-state index is 11.1. The summed E-state index contributed by atoms with van der Waals surface area (Å²) in [5.41, 5.74) is 0. The van der Waals surface area contributed by atoms with Crippen molar-refractivity contribution in [1.82, 2.24) is 0 Å². The average molecular weight is 172 g/mol. The van der Waals surface area contributed by atoms with Gasteiger partial charge in [0.2, 0.25) is 0 Å². The first-order chi connectivity index (χ1) is 5.74. The second-order valence-electron chi connectivity index (χ2n) is 2.68. The number of esters is 2. The molecule has 1 aliphatic rings. The van der Waals surface area contributed by atoms with Crippen molar-refractivity contribution in [3.8, 4) is 0 Å². The SMILES string of the molecule is CCCOC(=O)C1CCC(=O)O1. The maximum Gasteiger partial charge on any atom is 0.347 e. The zero-order valence-corrected chi connectivity index (χ0v) is 7.04. The minimum absolute atomic E-state index is 0.312. The van der Waals surface area contributed by atoms with Gasteiger partial charge in [0.1, 0.15) is 0 Å². The first-order valence-electron chi connectivity index (χ1n) is 4.10. The molecule has 0 saturated carbocycles. The van der Waals surface area contributed by atoms with Gasteiger partial charge in [-0.2, -0.15) is 0 Å². The fourth-order valence-electron chi connectivity index (χ4n) is 0.987. The Labute approximate surface area is 70.8 Å². The molecule has 0 aromatic heterocycles. The first-order valence-corrected chi connectivity index (χ1v) is 4.10. The summed E-state index contributed by atoms with van der Waals surface area (Å²) >= 11 is 0. The van der Waals surface area contributed by atoms with Gasteiger partial charge in [-0.1, -0.05) is 6.92 Å². The van der Waals surface area contributed by atoms with Crippen LogP contribution in [0.1, 0.15) is 26.2 Å². The van der Waals surface area contributed by atoms with E-state index in [1.165, 1.54) is 0 Å². The van der Waals surface area contributed by atoms with Crippen LogP contribution in [0.4, 0.5) is 0 Å². The van der Waals surface area contributed by atoms with E-state index in [4.69, 9.17) is 9.47 Å². The van der Waals surface area contributed by atoms with Gasteiger partial charge in [0.15, 0.2) is 6.10 Å². The summed E-state index contributed by atoms with van der Waals surface area (Å²) in [5.74, 6) is -0.726. The zero-order valence-electron chi connectivity index (χ0n) is 7.04. The Bertz CT molecular complexity index is 187. The molecule has 0 spiro atoms. The fourth-order valence-corrected chi connectivity index (χ4v) is 0.987. The lowest BCUT2D eigenvalue weighted by molar-refractivity contribution is -0.161. The molecule has 0 amide bonds. The molecule has 1 heterocycles. The number of hydrogen-bond acceptors (Lipinski definition) is 4. The Kier molecular flexibility index (Phi) is 3.08. The van der Waals surface area contributed by atoms with Crippen molar-refractivity contribution < 1.29 is 19.1 Å². The van der Waals surface area contributed by atoms with Crippen molar-refractivity contribution in [2.24, 2.45) is 0 Å². The van der Waals surface area contributed by atoms with Crippen molar-refractivity contribution in [2.75, 3.05) is 6.61 Å². The quantitative estimate of drug-likeness (QED) is 0.586. The predicted molar refractivity (Wildman–Crippen MR) is 40.4 cm³/mol. The van der Waals surface area contributed by atoms with Crippen LogP contribution in [0.15, 0.2) is 0 Å². The Morgan fingerprint density at radius 2 is 2.50 bits per heavy atom. The minimum atomic E-state index is -0.649. The fraction of sp³-hybridized carbons (Fsp3) is 0.750. The molecule has 0 radical (unpaired) electrons. The molecule has 1 aliphatic heterocycles. The summed E-state index contributed by atoms with van der Waals surface area (Å²) in [6.07, 6.45) is 0.920. The van der Waals surface area contributed by atoms with E-state index in [0.29, 0.717) is 19.4 Å². The molecule has 0 aromatic carbocycles. The van der Waals surface area contributed by atoms with Gasteiger partial charge in [0.25, 0.3) is 0 Å². The van der Waals surface area contributed by atoms with Crippen molar-refractivity contribution in [1.29, 1.82) is 0 Å². The number of ether oxygens (including phenoxy) is 2. The van der Waals surface area contributed by atoms with Crippen LogP contribution in [0.5, 0.6) is 0 Å². The number of rotatable bonds is 3. The molecule has 12 heavy (non-hydrogen) atoms. The van der Waals surface area contributed by atoms with E-state index < -0.39 is 12.1 Å². The summed E-state index contributed by atoms with van der Waals surface area (Å²) in [7, 11) is 0. The molecule has 1 unspecified atom stereocenters. The molecule has 68 valence electrons. The summed E-state index contributed by atoms with van der Waals surface area (Å²) in [6.45, 7) is 2.31. The van der Waals surface area contributed by atoms with Gasteiger partial charge in [-0.25, -0.2) is 4.79 Å². The Morgan fingerprint density at radius 3 is 3.00 bits per heavy atom. The van der Waals surface area contributed by atoms with E-state index in [2.05, 4.69) is 0 Å². The lowest BCUT2D eigenvalue weighted by Crippen LogP contribution is -2.23. The molecule has 1 rings (SSSR count). The Hall–Kier alpha value is -1.06. The van der Waals surface area contributed by atoms with Crippen LogP contribution >= 0.6 is 0 Å². The topological polar surface area (TPSA) is 52.6 Å². The normalized spacial score (nSPS) is 22.1. The second kappa shape index (κ2) is 4.09. The highest BCUT2D eigenvalue weighted by Crippen LogP contribution is 2.14. The van der Waals surface area contributed by atoms with Crippen LogP contribution in [0, 0.1) is 0 Å². The summed E-state index contributed by atoms with van der Waals surface area (Å²) in [5, 5.41) is 0. The average Bonchev–Trinajstić information content (AvgIpc) is 2.47. The Balaban J connectivity index is 2.28. The monoisotopic (exact) mass is 172 g/mol. The van der Waals surface area contributed by atoms with Crippen molar-refractivity contribution >= 4 is 11.9 Å². The highest BCUT2D eigenvalue weighted by atomic mass is 16.6. The molecule has 4 heteroatoms. The van der Waals surface area contributed by atoms with Crippen LogP contribution in [0.3, 0.4) is 0 Å². The third-order valence-corrected chi connectivity index (χ3v) is 1.60. The Morgan fingerprint density at radius 1 is 1.75 bits per heavy atom. The van der Waals surface area contributed by atoms with Gasteiger partial charge < -0.3 is 9.47 Å². The minimum Gasteiger partial charge on any atom is -0.463 e. The molecule has 1 fully saturated rings. The van der Waals surface area contributed by atoms with E-state index >= 15 is 0 Å². The van der Waals surface area contributed by atoms with Gasteiger partial charge in [0, 0.05) is 12.8 Å². The van der Waals surface area contributed by atoms with Crippen LogP contribution in [0.2, 0.25) is 0 Å². The van der Waals surface area contributed by atoms with Crippen LogP contribution in [-0.2, 0) is 19.1 Å². The number of carbonyl (C=O) groups excluding carboxylic acids is 2. The lowest BCUT2D eigenvalue weighted by atomic mass is 10.2. The van der Waals surface area contributed by atoms with Crippen molar-refractivity contribution in [3.05, 3.63) is 0 Å². The largest absolute Gasteiger partial charge is 0.463 e. The van der Waals surface area contributed by atoms with E-state index in [9.17, 15) is 9.59 Å². The highest BCUT2D eigenvalue weighted by Gasteiger charge is 2.30. The van der Waals surface area contributed by atoms with Gasteiger partial charge >= 0.3 is 11.9 Å². The number of hydrogen-bond donors (Lipinski definition) is 0. The summed E-state index contributed by atoms with van der Waals surface area (Å²) < 4.78 is 9.51. The first kappa shape index (κ1) is 9.03. The molecule has 1 saturated heterocycles. The number of carbonyl (C=O) groups is 2. The number of cyclic esters (lactones) is 1. The zero-order chi connectivity index (χ0) is 8.97. The van der Waals surface area contributed by atoms with Gasteiger partial charge in [-0.15, -0.1) is 0 Å². The van der Waals surface area contributed by atoms with Gasteiger partial charge in [-0.05, 0) is 6.42 Å². The van der Waals surface area contributed by atoms with Gasteiger partial charge in [-0.3, -0.25) is 4.79 Å². The molecule has 4 nitrogen and oxygen atoms in total. The molecular formula is C8H12O4. The second-order valence-corrected chi connectivity index (χ2v) is 2.68. The summed E-state index contributed by atoms with van der Waals surface area (Å²) in [4.78, 5) is 21.7. The third-order valence-electron chi connectivity index (χ3n) is 1.60. The van der Waals surface area contributed by atoms with Crippen molar-refractivity contribution in [3.63, 3.8) is 0 Å². The molecule has 0 bridgehead atoms. The third kappa shape index (κ3) is 2.22. The molecule has 0 aliphatic carbocycles. The molecule has 1 atom stereocenters. The standard InChI is InChI=1S/C8H12O4/c1-2-5-11-8(10)6-3-4-7(9)12-6/h6H,2-5H2,1H3. The lowest BCUT2D eigenvalue weighted by Gasteiger charge is -2.07. The molecule has 0 N–H and O–H groups in total. The van der Waals surface area contributed by atoms with Crippen LogP contribution in [0.25, 0.3) is 0 Å². The predicted octanol–water partition coefficient (Wildman–Crippen LogP) is 0.645. The van der Waals surface area contributed by atoms with Gasteiger partial charge in [0.05, 0.1) is 6.61 Å². The highest BCUT2D eigenvalue weighted by molar-refractivity contribution is 5.82. The summed E-state index contributed by atoms with van der Waals surface area (Å²) in [6, 6.07) is 0.